The van der Waals surface area contributed by atoms with E-state index in [2.05, 4.69) is 10.1 Å². The molecule has 22 heavy (non-hydrogen) atoms. The van der Waals surface area contributed by atoms with Crippen molar-refractivity contribution in [2.24, 2.45) is 0 Å². The van der Waals surface area contributed by atoms with E-state index >= 15 is 0 Å². The van der Waals surface area contributed by atoms with Crippen LogP contribution in [0.15, 0.2) is 54.6 Å². The lowest BCUT2D eigenvalue weighted by atomic mass is 10.3. The number of halogens is 3. The summed E-state index contributed by atoms with van der Waals surface area (Å²) < 4.78 is 45.9. The number of benzene rings is 2. The molecule has 4 nitrogen and oxygen atoms in total. The summed E-state index contributed by atoms with van der Waals surface area (Å²) in [7, 11) is 0. The van der Waals surface area contributed by atoms with Crippen LogP contribution in [0, 0.1) is 0 Å². The van der Waals surface area contributed by atoms with Crippen LogP contribution in [-0.2, 0) is 4.79 Å². The first-order chi connectivity index (χ1) is 10.4. The normalized spacial score (nSPS) is 10.9. The van der Waals surface area contributed by atoms with E-state index in [1.165, 1.54) is 18.2 Å². The van der Waals surface area contributed by atoms with E-state index in [0.717, 1.165) is 6.07 Å². The third kappa shape index (κ3) is 5.01. The molecule has 0 saturated heterocycles. The van der Waals surface area contributed by atoms with Gasteiger partial charge in [0.25, 0.3) is 5.91 Å². The predicted molar refractivity (Wildman–Crippen MR) is 73.7 cm³/mol. The molecule has 0 atom stereocenters. The van der Waals surface area contributed by atoms with Gasteiger partial charge in [0, 0.05) is 0 Å². The van der Waals surface area contributed by atoms with Crippen molar-refractivity contribution in [3.8, 4) is 11.5 Å². The fraction of sp³-hybridized carbons (Fsp3) is 0.133. The highest BCUT2D eigenvalue weighted by Gasteiger charge is 2.32. The highest BCUT2D eigenvalue weighted by molar-refractivity contribution is 5.93. The summed E-state index contributed by atoms with van der Waals surface area (Å²) in [5.74, 6) is -0.595. The van der Waals surface area contributed by atoms with Crippen LogP contribution in [0.2, 0.25) is 0 Å². The van der Waals surface area contributed by atoms with Gasteiger partial charge in [-0.1, -0.05) is 30.3 Å². The number of anilines is 1. The summed E-state index contributed by atoms with van der Waals surface area (Å²) >= 11 is 0. The van der Waals surface area contributed by atoms with Crippen LogP contribution in [0.3, 0.4) is 0 Å². The first-order valence-corrected chi connectivity index (χ1v) is 6.26. The fourth-order valence-corrected chi connectivity index (χ4v) is 1.64. The molecule has 116 valence electrons. The number of rotatable bonds is 5. The van der Waals surface area contributed by atoms with Crippen LogP contribution >= 0.6 is 0 Å². The minimum atomic E-state index is -4.83. The Morgan fingerprint density at radius 2 is 1.64 bits per heavy atom. The monoisotopic (exact) mass is 311 g/mol. The van der Waals surface area contributed by atoms with Gasteiger partial charge < -0.3 is 14.8 Å². The molecule has 0 fully saturated rings. The number of para-hydroxylation sites is 3. The van der Waals surface area contributed by atoms with Gasteiger partial charge >= 0.3 is 6.36 Å². The number of carbonyl (C=O) groups excluding carboxylic acids is 1. The minimum absolute atomic E-state index is 0.0820. The highest BCUT2D eigenvalue weighted by Crippen LogP contribution is 2.29. The minimum Gasteiger partial charge on any atom is -0.484 e. The molecule has 2 aromatic carbocycles. The summed E-state index contributed by atoms with van der Waals surface area (Å²) in [5.41, 5.74) is -0.0820. The van der Waals surface area contributed by atoms with Crippen molar-refractivity contribution in [1.29, 1.82) is 0 Å². The number of carbonyl (C=O) groups is 1. The van der Waals surface area contributed by atoms with E-state index in [4.69, 9.17) is 4.74 Å². The summed E-state index contributed by atoms with van der Waals surface area (Å²) in [6, 6.07) is 13.9. The summed E-state index contributed by atoms with van der Waals surface area (Å²) in [6.07, 6.45) is -4.83. The van der Waals surface area contributed by atoms with Gasteiger partial charge in [-0.05, 0) is 24.3 Å². The van der Waals surface area contributed by atoms with Gasteiger partial charge in [0.1, 0.15) is 5.75 Å². The van der Waals surface area contributed by atoms with E-state index in [9.17, 15) is 18.0 Å². The summed E-state index contributed by atoms with van der Waals surface area (Å²) in [5, 5.41) is 2.31. The third-order valence-corrected chi connectivity index (χ3v) is 2.50. The average molecular weight is 311 g/mol. The molecule has 0 aromatic heterocycles. The average Bonchev–Trinajstić information content (AvgIpc) is 2.47. The van der Waals surface area contributed by atoms with Crippen molar-refractivity contribution in [2.75, 3.05) is 11.9 Å². The number of nitrogens with one attached hydrogen (secondary N) is 1. The predicted octanol–water partition coefficient (Wildman–Crippen LogP) is 3.60. The van der Waals surface area contributed by atoms with Crippen LogP contribution in [-0.4, -0.2) is 18.9 Å². The van der Waals surface area contributed by atoms with Gasteiger partial charge in [-0.3, -0.25) is 4.79 Å². The molecule has 2 aromatic rings. The Hall–Kier alpha value is -2.70. The summed E-state index contributed by atoms with van der Waals surface area (Å²) in [6.45, 7) is -0.329. The Kier molecular flexibility index (Phi) is 4.88. The zero-order chi connectivity index (χ0) is 16.0. The number of ether oxygens (including phenoxy) is 2. The SMILES string of the molecule is O=C(COc1ccccc1)Nc1ccccc1OC(F)(F)F. The molecule has 0 aliphatic carbocycles. The van der Waals surface area contributed by atoms with Crippen molar-refractivity contribution < 1.29 is 27.4 Å². The Balaban J connectivity index is 1.97. The molecule has 1 amide bonds. The molecule has 0 aliphatic heterocycles. The maximum Gasteiger partial charge on any atom is 0.573 e. The highest BCUT2D eigenvalue weighted by atomic mass is 19.4. The van der Waals surface area contributed by atoms with Crippen molar-refractivity contribution in [2.45, 2.75) is 6.36 Å². The molecule has 7 heteroatoms. The van der Waals surface area contributed by atoms with Crippen molar-refractivity contribution in [3.05, 3.63) is 54.6 Å². The summed E-state index contributed by atoms with van der Waals surface area (Å²) in [4.78, 5) is 11.7. The molecule has 0 spiro atoms. The van der Waals surface area contributed by atoms with Gasteiger partial charge in [-0.25, -0.2) is 0 Å². The van der Waals surface area contributed by atoms with Crippen LogP contribution in [0.5, 0.6) is 11.5 Å². The number of alkyl halides is 3. The molecular weight excluding hydrogens is 299 g/mol. The topological polar surface area (TPSA) is 47.6 Å². The van der Waals surface area contributed by atoms with Crippen molar-refractivity contribution >= 4 is 11.6 Å². The van der Waals surface area contributed by atoms with Crippen molar-refractivity contribution in [1.82, 2.24) is 0 Å². The first kappa shape index (κ1) is 15.7. The molecule has 2 rings (SSSR count). The Bertz CT molecular complexity index is 629. The Morgan fingerprint density at radius 3 is 2.32 bits per heavy atom. The zero-order valence-corrected chi connectivity index (χ0v) is 11.3. The van der Waals surface area contributed by atoms with Crippen LogP contribution < -0.4 is 14.8 Å². The maximum atomic E-state index is 12.3. The third-order valence-electron chi connectivity index (χ3n) is 2.50. The van der Waals surface area contributed by atoms with Gasteiger partial charge in [0.05, 0.1) is 5.69 Å². The second-order valence-electron chi connectivity index (χ2n) is 4.19. The van der Waals surface area contributed by atoms with E-state index in [1.54, 1.807) is 30.3 Å². The zero-order valence-electron chi connectivity index (χ0n) is 11.3. The number of hydrogen-bond acceptors (Lipinski definition) is 3. The largest absolute Gasteiger partial charge is 0.573 e. The molecule has 0 bridgehead atoms. The van der Waals surface area contributed by atoms with Gasteiger partial charge in [0.15, 0.2) is 12.4 Å². The van der Waals surface area contributed by atoms with E-state index in [1.807, 2.05) is 0 Å². The first-order valence-electron chi connectivity index (χ1n) is 6.26. The molecule has 0 unspecified atom stereocenters. The smallest absolute Gasteiger partial charge is 0.484 e. The standard InChI is InChI=1S/C15H12F3NO3/c16-15(17,18)22-13-9-5-4-8-12(13)19-14(20)10-21-11-6-2-1-3-7-11/h1-9H,10H2,(H,19,20). The lowest BCUT2D eigenvalue weighted by Gasteiger charge is -2.14. The lowest BCUT2D eigenvalue weighted by molar-refractivity contribution is -0.274. The van der Waals surface area contributed by atoms with Gasteiger partial charge in [-0.15, -0.1) is 13.2 Å². The second-order valence-corrected chi connectivity index (χ2v) is 4.19. The Labute approximate surface area is 124 Å². The van der Waals surface area contributed by atoms with E-state index in [0.29, 0.717) is 5.75 Å². The fourth-order valence-electron chi connectivity index (χ4n) is 1.64. The second kappa shape index (κ2) is 6.84. The van der Waals surface area contributed by atoms with Gasteiger partial charge in [-0.2, -0.15) is 0 Å². The van der Waals surface area contributed by atoms with Crippen LogP contribution in [0.4, 0.5) is 18.9 Å². The lowest BCUT2D eigenvalue weighted by Crippen LogP contribution is -2.22. The molecule has 0 saturated carbocycles. The van der Waals surface area contributed by atoms with Gasteiger partial charge in [0.2, 0.25) is 0 Å². The molecule has 0 heterocycles. The molecule has 0 radical (unpaired) electrons. The Morgan fingerprint density at radius 1 is 1.00 bits per heavy atom. The quantitative estimate of drug-likeness (QED) is 0.917. The number of hydrogen-bond donors (Lipinski definition) is 1. The van der Waals surface area contributed by atoms with Crippen LogP contribution in [0.25, 0.3) is 0 Å². The van der Waals surface area contributed by atoms with E-state index < -0.39 is 18.0 Å². The molecular formula is C15H12F3NO3. The number of amides is 1. The van der Waals surface area contributed by atoms with Crippen molar-refractivity contribution in [3.63, 3.8) is 0 Å². The molecule has 1 N–H and O–H groups in total. The van der Waals surface area contributed by atoms with E-state index in [-0.39, 0.29) is 12.3 Å². The maximum absolute atomic E-state index is 12.3. The van der Waals surface area contributed by atoms with Crippen LogP contribution in [0.1, 0.15) is 0 Å². The molecule has 0 aliphatic rings.